The van der Waals surface area contributed by atoms with Crippen molar-refractivity contribution in [2.75, 3.05) is 39.6 Å². The molecule has 10 heteroatoms. The number of nitrogens with zero attached hydrogens (tertiary/aromatic N) is 1. The van der Waals surface area contributed by atoms with E-state index in [-0.39, 0.29) is 44.6 Å². The second-order valence-electron chi connectivity index (χ2n) is 12.2. The molecule has 5 unspecified atom stereocenters. The van der Waals surface area contributed by atoms with Crippen LogP contribution in [0.5, 0.6) is 5.75 Å². The summed E-state index contributed by atoms with van der Waals surface area (Å²) in [5.41, 5.74) is -1.61. The first-order valence-electron chi connectivity index (χ1n) is 15.4. The summed E-state index contributed by atoms with van der Waals surface area (Å²) in [6, 6.07) is 8.00. The molecule has 0 radical (unpaired) electrons. The van der Waals surface area contributed by atoms with E-state index in [0.29, 0.717) is 13.0 Å². The van der Waals surface area contributed by atoms with Gasteiger partial charge < -0.3 is 28.4 Å². The fourth-order valence-electron chi connectivity index (χ4n) is 6.18. The molecule has 0 N–H and O–H groups in total. The fourth-order valence-corrected chi connectivity index (χ4v) is 6.18. The van der Waals surface area contributed by atoms with Gasteiger partial charge in [-0.25, -0.2) is 0 Å². The Kier molecular flexibility index (Phi) is 9.94. The topological polar surface area (TPSA) is 105 Å². The third-order valence-corrected chi connectivity index (χ3v) is 9.56. The number of hydroxylamine groups is 2. The summed E-state index contributed by atoms with van der Waals surface area (Å²) in [7, 11) is 0. The molecular weight excluding hydrogens is 542 g/mol. The van der Waals surface area contributed by atoms with Crippen LogP contribution in [0.2, 0.25) is 0 Å². The molecule has 3 fully saturated rings. The van der Waals surface area contributed by atoms with Gasteiger partial charge in [0, 0.05) is 17.9 Å². The third-order valence-electron chi connectivity index (χ3n) is 9.56. The molecule has 10 nitrogen and oxygen atoms in total. The normalized spacial score (nSPS) is 30.9. The van der Waals surface area contributed by atoms with Gasteiger partial charge in [-0.2, -0.15) is 5.06 Å². The van der Waals surface area contributed by atoms with Gasteiger partial charge in [0.15, 0.2) is 5.79 Å². The number of epoxide rings is 1. The predicted molar refractivity (Wildman–Crippen MR) is 155 cm³/mol. The highest BCUT2D eigenvalue weighted by Crippen LogP contribution is 2.55. The summed E-state index contributed by atoms with van der Waals surface area (Å²) in [5.74, 6) is -1.78. The van der Waals surface area contributed by atoms with Gasteiger partial charge in [-0.15, -0.1) is 0 Å². The maximum absolute atomic E-state index is 13.0. The van der Waals surface area contributed by atoms with E-state index in [1.807, 2.05) is 24.3 Å². The monoisotopic (exact) mass is 591 g/mol. The zero-order valence-electron chi connectivity index (χ0n) is 26.5. The van der Waals surface area contributed by atoms with Crippen molar-refractivity contribution in [1.29, 1.82) is 0 Å². The van der Waals surface area contributed by atoms with E-state index >= 15 is 0 Å². The Morgan fingerprint density at radius 2 is 1.55 bits per heavy atom. The number of benzene rings is 1. The lowest BCUT2D eigenvalue weighted by atomic mass is 9.66. The van der Waals surface area contributed by atoms with Gasteiger partial charge in [-0.05, 0) is 65.2 Å². The standard InChI is InChI=1S/C32H49NO9/c1-9-29(7)19-32(40-20-31(21-41-32,27(34)36-11-3)28(35)37-12-4)23(6)30(8,10-2)33(29)42-22(5)24-13-15-25(16-14-24)38-17-26-18-39-26/h13-16,22-23,26H,9-12,17-21H2,1-8H3. The lowest BCUT2D eigenvalue weighted by molar-refractivity contribution is -0.413. The Balaban J connectivity index is 1.56. The van der Waals surface area contributed by atoms with Crippen molar-refractivity contribution in [2.24, 2.45) is 11.3 Å². The highest BCUT2D eigenvalue weighted by molar-refractivity contribution is 6.00. The molecule has 42 heavy (non-hydrogen) atoms. The summed E-state index contributed by atoms with van der Waals surface area (Å²) < 4.78 is 34.6. The number of carbonyl (C=O) groups excluding carboxylic acids is 2. The molecule has 3 aliphatic heterocycles. The number of hydrogen-bond acceptors (Lipinski definition) is 10. The first-order chi connectivity index (χ1) is 19.9. The molecule has 5 atom stereocenters. The minimum atomic E-state index is -1.66. The lowest BCUT2D eigenvalue weighted by Gasteiger charge is -2.64. The first kappa shape index (κ1) is 32.7. The molecule has 1 spiro atoms. The van der Waals surface area contributed by atoms with Gasteiger partial charge in [-0.3, -0.25) is 14.4 Å². The van der Waals surface area contributed by atoms with Crippen LogP contribution >= 0.6 is 0 Å². The van der Waals surface area contributed by atoms with Gasteiger partial charge >= 0.3 is 11.9 Å². The maximum atomic E-state index is 13.0. The van der Waals surface area contributed by atoms with E-state index in [0.717, 1.165) is 30.8 Å². The molecule has 3 aliphatic rings. The van der Waals surface area contributed by atoms with E-state index in [9.17, 15) is 9.59 Å². The summed E-state index contributed by atoms with van der Waals surface area (Å²) in [5, 5.41) is 2.15. The summed E-state index contributed by atoms with van der Waals surface area (Å²) in [6.45, 7) is 17.4. The second kappa shape index (κ2) is 12.8. The summed E-state index contributed by atoms with van der Waals surface area (Å²) in [6.07, 6.45) is 1.98. The SMILES string of the molecule is CCOC(=O)C1(C(=O)OCC)COC2(CC(C)(CC)N(OC(C)c3ccc(OCC4CO4)cc3)C(C)(CC)C2C)OC1. The van der Waals surface area contributed by atoms with Crippen LogP contribution in [0, 0.1) is 11.3 Å². The average Bonchev–Trinajstić information content (AvgIpc) is 3.83. The van der Waals surface area contributed by atoms with E-state index in [4.69, 9.17) is 33.3 Å². The van der Waals surface area contributed by atoms with Crippen molar-refractivity contribution in [3.05, 3.63) is 29.8 Å². The first-order valence-corrected chi connectivity index (χ1v) is 15.4. The third kappa shape index (κ3) is 6.06. The van der Waals surface area contributed by atoms with Crippen LogP contribution in [0.4, 0.5) is 0 Å². The Labute approximate surface area is 250 Å². The molecule has 1 aromatic carbocycles. The van der Waals surface area contributed by atoms with Gasteiger partial charge in [0.1, 0.15) is 24.6 Å². The fraction of sp³-hybridized carbons (Fsp3) is 0.750. The van der Waals surface area contributed by atoms with Crippen molar-refractivity contribution < 1.29 is 42.8 Å². The zero-order valence-corrected chi connectivity index (χ0v) is 26.5. The zero-order chi connectivity index (χ0) is 30.8. The predicted octanol–water partition coefficient (Wildman–Crippen LogP) is 4.99. The molecule has 0 aromatic heterocycles. The number of piperidine rings is 1. The molecule has 236 valence electrons. The Morgan fingerprint density at radius 3 is 2.02 bits per heavy atom. The molecule has 0 amide bonds. The van der Waals surface area contributed by atoms with Crippen molar-refractivity contribution in [1.82, 2.24) is 5.06 Å². The summed E-state index contributed by atoms with van der Waals surface area (Å²) in [4.78, 5) is 32.9. The second-order valence-corrected chi connectivity index (χ2v) is 12.2. The van der Waals surface area contributed by atoms with Crippen LogP contribution < -0.4 is 4.74 Å². The van der Waals surface area contributed by atoms with Crippen molar-refractivity contribution in [3.8, 4) is 5.75 Å². The summed E-state index contributed by atoms with van der Waals surface area (Å²) >= 11 is 0. The Hall–Kier alpha value is -2.24. The molecule has 4 rings (SSSR count). The number of rotatable bonds is 12. The molecule has 0 bridgehead atoms. The molecule has 3 saturated heterocycles. The van der Waals surface area contributed by atoms with Gasteiger partial charge in [0.05, 0.1) is 38.6 Å². The van der Waals surface area contributed by atoms with Gasteiger partial charge in [0.2, 0.25) is 5.41 Å². The van der Waals surface area contributed by atoms with Gasteiger partial charge in [0.25, 0.3) is 0 Å². The number of esters is 2. The minimum absolute atomic E-state index is 0.138. The molecular formula is C32H49NO9. The van der Waals surface area contributed by atoms with Crippen LogP contribution in [-0.2, 0) is 38.1 Å². The van der Waals surface area contributed by atoms with E-state index in [1.165, 1.54) is 0 Å². The van der Waals surface area contributed by atoms with Crippen molar-refractivity contribution in [3.63, 3.8) is 0 Å². The average molecular weight is 592 g/mol. The van der Waals surface area contributed by atoms with E-state index < -0.39 is 34.2 Å². The van der Waals surface area contributed by atoms with E-state index in [2.05, 4.69) is 46.6 Å². The Bertz CT molecular complexity index is 1060. The largest absolute Gasteiger partial charge is 0.491 e. The molecule has 1 aromatic rings. The Morgan fingerprint density at radius 1 is 0.976 bits per heavy atom. The highest BCUT2D eigenvalue weighted by atomic mass is 16.7. The molecule has 3 heterocycles. The minimum Gasteiger partial charge on any atom is -0.491 e. The van der Waals surface area contributed by atoms with Crippen molar-refractivity contribution >= 4 is 11.9 Å². The maximum Gasteiger partial charge on any atom is 0.328 e. The van der Waals surface area contributed by atoms with Gasteiger partial charge in [-0.1, -0.05) is 32.9 Å². The van der Waals surface area contributed by atoms with Crippen LogP contribution in [0.25, 0.3) is 0 Å². The van der Waals surface area contributed by atoms with E-state index in [1.54, 1.807) is 13.8 Å². The molecule has 0 saturated carbocycles. The van der Waals surface area contributed by atoms with Crippen molar-refractivity contribution in [2.45, 2.75) is 104 Å². The van der Waals surface area contributed by atoms with Crippen LogP contribution in [0.3, 0.4) is 0 Å². The quantitative estimate of drug-likeness (QED) is 0.187. The highest BCUT2D eigenvalue weighted by Gasteiger charge is 2.66. The van der Waals surface area contributed by atoms with Crippen LogP contribution in [-0.4, -0.2) is 79.6 Å². The lowest BCUT2D eigenvalue weighted by Crippen LogP contribution is -2.74. The number of hydrogen-bond donors (Lipinski definition) is 0. The smallest absolute Gasteiger partial charge is 0.328 e. The van der Waals surface area contributed by atoms with Crippen LogP contribution in [0.1, 0.15) is 86.3 Å². The molecule has 0 aliphatic carbocycles. The number of carbonyl (C=O) groups is 2. The van der Waals surface area contributed by atoms with Crippen LogP contribution in [0.15, 0.2) is 24.3 Å². The number of ether oxygens (including phenoxy) is 6.